The monoisotopic (exact) mass is 379 g/mol. The average molecular weight is 380 g/mol. The summed E-state index contributed by atoms with van der Waals surface area (Å²) in [6.45, 7) is 0.303. The number of rotatable bonds is 6. The van der Waals surface area contributed by atoms with Crippen LogP contribution < -0.4 is 0 Å². The van der Waals surface area contributed by atoms with Crippen LogP contribution in [0.15, 0.2) is 60.7 Å². The fraction of sp³-hybridized carbons (Fsp3) is 0.458. The standard InChI is InChI=1S/C24H29NO3/c26-23(28-18-20-10-5-2-6-11-20)25-21-13-14-22(25)17-24(27,16-21)15-7-12-19-8-3-1-4-9-19/h1-6,8-11,21-22,27H,7,12-18H2. The number of aryl methyl sites for hydroxylation is 1. The Morgan fingerprint density at radius 1 is 0.964 bits per heavy atom. The highest BCUT2D eigenvalue weighted by atomic mass is 16.6. The van der Waals surface area contributed by atoms with E-state index in [4.69, 9.17) is 4.74 Å². The van der Waals surface area contributed by atoms with Crippen molar-refractivity contribution in [2.75, 3.05) is 0 Å². The van der Waals surface area contributed by atoms with Crippen LogP contribution in [0.4, 0.5) is 4.79 Å². The lowest BCUT2D eigenvalue weighted by Crippen LogP contribution is -2.53. The molecule has 1 amide bonds. The van der Waals surface area contributed by atoms with Gasteiger partial charge >= 0.3 is 6.09 Å². The molecule has 1 N–H and O–H groups in total. The number of carbonyl (C=O) groups is 1. The molecule has 0 aliphatic carbocycles. The first-order valence-electron chi connectivity index (χ1n) is 10.4. The van der Waals surface area contributed by atoms with Gasteiger partial charge in [0.25, 0.3) is 0 Å². The zero-order valence-electron chi connectivity index (χ0n) is 16.3. The molecule has 0 saturated carbocycles. The first-order valence-corrected chi connectivity index (χ1v) is 10.4. The van der Waals surface area contributed by atoms with Gasteiger partial charge in [-0.1, -0.05) is 60.7 Å². The lowest BCUT2D eigenvalue weighted by molar-refractivity contribution is -0.0550. The van der Waals surface area contributed by atoms with Crippen LogP contribution in [0.25, 0.3) is 0 Å². The molecule has 2 saturated heterocycles. The summed E-state index contributed by atoms with van der Waals surface area (Å²) in [5.74, 6) is 0. The van der Waals surface area contributed by atoms with Crippen molar-refractivity contribution in [1.29, 1.82) is 0 Å². The summed E-state index contributed by atoms with van der Waals surface area (Å²) in [7, 11) is 0. The molecular weight excluding hydrogens is 350 g/mol. The summed E-state index contributed by atoms with van der Waals surface area (Å²) >= 11 is 0. The van der Waals surface area contributed by atoms with Crippen molar-refractivity contribution in [1.82, 2.24) is 4.90 Å². The van der Waals surface area contributed by atoms with Crippen LogP contribution in [0.3, 0.4) is 0 Å². The molecule has 2 atom stereocenters. The minimum absolute atomic E-state index is 0.101. The molecule has 2 aromatic carbocycles. The van der Waals surface area contributed by atoms with Crippen LogP contribution in [0.1, 0.15) is 49.7 Å². The van der Waals surface area contributed by atoms with Crippen molar-refractivity contribution in [3.63, 3.8) is 0 Å². The van der Waals surface area contributed by atoms with E-state index in [9.17, 15) is 9.90 Å². The second-order valence-electron chi connectivity index (χ2n) is 8.30. The number of nitrogens with zero attached hydrogens (tertiary/aromatic N) is 1. The van der Waals surface area contributed by atoms with Crippen LogP contribution >= 0.6 is 0 Å². The average Bonchev–Trinajstić information content (AvgIpc) is 3.00. The Kier molecular flexibility index (Phi) is 5.67. The zero-order valence-corrected chi connectivity index (χ0v) is 16.3. The molecule has 2 heterocycles. The van der Waals surface area contributed by atoms with Gasteiger partial charge in [-0.05, 0) is 56.1 Å². The molecule has 4 rings (SSSR count). The highest BCUT2D eigenvalue weighted by Gasteiger charge is 2.49. The van der Waals surface area contributed by atoms with E-state index < -0.39 is 5.60 Å². The van der Waals surface area contributed by atoms with E-state index in [0.717, 1.165) is 37.7 Å². The quantitative estimate of drug-likeness (QED) is 0.791. The van der Waals surface area contributed by atoms with Crippen LogP contribution in [0.2, 0.25) is 0 Å². The molecule has 2 fully saturated rings. The van der Waals surface area contributed by atoms with Crippen LogP contribution in [-0.2, 0) is 17.8 Å². The van der Waals surface area contributed by atoms with Crippen molar-refractivity contribution < 1.29 is 14.6 Å². The molecule has 28 heavy (non-hydrogen) atoms. The Morgan fingerprint density at radius 2 is 1.54 bits per heavy atom. The highest BCUT2D eigenvalue weighted by molar-refractivity contribution is 5.69. The van der Waals surface area contributed by atoms with Gasteiger partial charge in [0.1, 0.15) is 6.61 Å². The van der Waals surface area contributed by atoms with Gasteiger partial charge in [0, 0.05) is 12.1 Å². The summed E-state index contributed by atoms with van der Waals surface area (Å²) in [6, 6.07) is 20.4. The minimum Gasteiger partial charge on any atom is -0.445 e. The molecule has 2 bridgehead atoms. The van der Waals surface area contributed by atoms with Gasteiger partial charge in [-0.3, -0.25) is 0 Å². The Bertz CT molecular complexity index is 763. The van der Waals surface area contributed by atoms with Crippen LogP contribution in [0, 0.1) is 0 Å². The summed E-state index contributed by atoms with van der Waals surface area (Å²) in [5.41, 5.74) is 1.66. The second kappa shape index (κ2) is 8.36. The molecule has 2 aliphatic heterocycles. The van der Waals surface area contributed by atoms with Crippen molar-refractivity contribution in [3.8, 4) is 0 Å². The molecule has 2 aliphatic rings. The van der Waals surface area contributed by atoms with Crippen molar-refractivity contribution in [2.45, 2.75) is 69.2 Å². The largest absolute Gasteiger partial charge is 0.445 e. The molecule has 0 spiro atoms. The first kappa shape index (κ1) is 19.0. The van der Waals surface area contributed by atoms with Gasteiger partial charge in [-0.25, -0.2) is 4.79 Å². The molecule has 2 aromatic rings. The topological polar surface area (TPSA) is 49.8 Å². The zero-order chi connectivity index (χ0) is 19.4. The predicted molar refractivity (Wildman–Crippen MR) is 109 cm³/mol. The molecule has 2 unspecified atom stereocenters. The minimum atomic E-state index is -0.656. The van der Waals surface area contributed by atoms with Crippen molar-refractivity contribution in [3.05, 3.63) is 71.8 Å². The molecule has 0 radical (unpaired) electrons. The fourth-order valence-corrected chi connectivity index (χ4v) is 4.88. The maximum atomic E-state index is 12.7. The van der Waals surface area contributed by atoms with E-state index in [1.165, 1.54) is 5.56 Å². The van der Waals surface area contributed by atoms with Crippen LogP contribution in [0.5, 0.6) is 0 Å². The Labute approximate surface area is 167 Å². The highest BCUT2D eigenvalue weighted by Crippen LogP contribution is 2.43. The van der Waals surface area contributed by atoms with Gasteiger partial charge in [-0.2, -0.15) is 0 Å². The summed E-state index contributed by atoms with van der Waals surface area (Å²) in [4.78, 5) is 14.6. The predicted octanol–water partition coefficient (Wildman–Crippen LogP) is 4.70. The Hall–Kier alpha value is -2.33. The van der Waals surface area contributed by atoms with Gasteiger partial charge in [0.2, 0.25) is 0 Å². The molecule has 4 nitrogen and oxygen atoms in total. The summed E-state index contributed by atoms with van der Waals surface area (Å²) in [5, 5.41) is 11.2. The van der Waals surface area contributed by atoms with E-state index in [1.54, 1.807) is 0 Å². The smallest absolute Gasteiger partial charge is 0.410 e. The van der Waals surface area contributed by atoms with Gasteiger partial charge in [-0.15, -0.1) is 0 Å². The molecule has 148 valence electrons. The lowest BCUT2D eigenvalue weighted by atomic mass is 9.82. The van der Waals surface area contributed by atoms with E-state index >= 15 is 0 Å². The molecule has 0 aromatic heterocycles. The number of amides is 1. The number of piperidine rings is 1. The third-order valence-corrected chi connectivity index (χ3v) is 6.22. The van der Waals surface area contributed by atoms with E-state index in [2.05, 4.69) is 24.3 Å². The van der Waals surface area contributed by atoms with E-state index in [0.29, 0.717) is 19.4 Å². The Morgan fingerprint density at radius 3 is 2.14 bits per heavy atom. The second-order valence-corrected chi connectivity index (χ2v) is 8.30. The first-order chi connectivity index (χ1) is 13.6. The number of benzene rings is 2. The van der Waals surface area contributed by atoms with Crippen LogP contribution in [-0.4, -0.2) is 33.8 Å². The normalized spacial score (nSPS) is 26.2. The summed E-state index contributed by atoms with van der Waals surface area (Å²) in [6.07, 6.45) is 5.78. The number of carbonyl (C=O) groups excluding carboxylic acids is 1. The van der Waals surface area contributed by atoms with Gasteiger partial charge in [0.05, 0.1) is 5.60 Å². The maximum Gasteiger partial charge on any atom is 0.410 e. The van der Waals surface area contributed by atoms with Crippen molar-refractivity contribution >= 4 is 6.09 Å². The maximum absolute atomic E-state index is 12.7. The number of fused-ring (bicyclic) bond motifs is 2. The molecular formula is C24H29NO3. The number of ether oxygens (including phenoxy) is 1. The van der Waals surface area contributed by atoms with Gasteiger partial charge in [0.15, 0.2) is 0 Å². The lowest BCUT2D eigenvalue weighted by Gasteiger charge is -2.43. The van der Waals surface area contributed by atoms with Crippen molar-refractivity contribution in [2.24, 2.45) is 0 Å². The third-order valence-electron chi connectivity index (χ3n) is 6.22. The summed E-state index contributed by atoms with van der Waals surface area (Å²) < 4.78 is 5.56. The SMILES string of the molecule is O=C(OCc1ccccc1)N1C2CCC1CC(O)(CCCc1ccccc1)C2. The Balaban J connectivity index is 1.30. The van der Waals surface area contributed by atoms with E-state index in [-0.39, 0.29) is 18.2 Å². The number of aliphatic hydroxyl groups is 1. The third kappa shape index (κ3) is 4.39. The van der Waals surface area contributed by atoms with E-state index in [1.807, 2.05) is 41.3 Å². The fourth-order valence-electron chi connectivity index (χ4n) is 4.88. The number of hydrogen-bond donors (Lipinski definition) is 1. The van der Waals surface area contributed by atoms with Gasteiger partial charge < -0.3 is 14.7 Å². The molecule has 4 heteroatoms. The number of hydrogen-bond acceptors (Lipinski definition) is 3.